The molecule has 0 N–H and O–H groups in total. The molecular formula is C63H55BN2O. The molecule has 0 saturated heterocycles. The number of hydrogen-bond donors (Lipinski definition) is 0. The molecule has 0 atom stereocenters. The van der Waals surface area contributed by atoms with Gasteiger partial charge in [0.05, 0.1) is 16.8 Å². The van der Waals surface area contributed by atoms with E-state index in [0.29, 0.717) is 0 Å². The summed E-state index contributed by atoms with van der Waals surface area (Å²) in [5, 5.41) is 7.47. The topological polar surface area (TPSA) is 21.3 Å². The van der Waals surface area contributed by atoms with E-state index in [0.717, 1.165) is 23.0 Å². The van der Waals surface area contributed by atoms with E-state index in [9.17, 15) is 0 Å². The molecule has 2 aromatic heterocycles. The monoisotopic (exact) mass is 866 g/mol. The molecule has 10 aromatic rings. The van der Waals surface area contributed by atoms with Crippen molar-refractivity contribution in [2.24, 2.45) is 0 Å². The zero-order valence-electron chi connectivity index (χ0n) is 40.2. The van der Waals surface area contributed by atoms with Crippen molar-refractivity contribution < 1.29 is 4.42 Å². The van der Waals surface area contributed by atoms with Crippen molar-refractivity contribution >= 4 is 83.9 Å². The summed E-state index contributed by atoms with van der Waals surface area (Å²) in [6.45, 7) is 21.9. The zero-order chi connectivity index (χ0) is 45.7. The lowest BCUT2D eigenvalue weighted by atomic mass is 9.40. The Morgan fingerprint density at radius 1 is 0.552 bits per heavy atom. The minimum absolute atomic E-state index is 0.0309. The predicted molar refractivity (Wildman–Crippen MR) is 285 cm³/mol. The number of furan rings is 1. The number of para-hydroxylation sites is 2. The van der Waals surface area contributed by atoms with Gasteiger partial charge >= 0.3 is 6.85 Å². The average molecular weight is 867 g/mol. The van der Waals surface area contributed by atoms with Gasteiger partial charge in [-0.05, 0) is 127 Å². The SMILES string of the molecule is CC(C)(C)c1ccc(N2C3=C(B4c5c(cc6oc7ccccc7c6c52)-c2cccc5c6cc7ccccc7cc6n4c25)C(C)(C)c2cc4c(cc23)C(C)(C)CCC4(C)C)c(-c2ccccc2)c1. The standard InChI is InChI=1S/C63H55BN2O/c1-60(2,3)39-26-27-50(43(32-39)36-18-11-10-12-19-36)65-57-46-33-48-49(62(6,7)29-28-61(48,4)5)35-47(46)63(8,9)59(57)64-55-45(34-53-54(58(55)65)42-22-15-16-25-52(42)67-53)41-24-17-23-40-44-30-37-20-13-14-21-38(37)31-51(44)66(64)56(40)41/h10-27,30-35H,28-29H2,1-9H3. The molecular weight excluding hydrogens is 812 g/mol. The molecule has 0 amide bonds. The van der Waals surface area contributed by atoms with Crippen LogP contribution in [-0.2, 0) is 21.7 Å². The maximum Gasteiger partial charge on any atom is 0.329 e. The normalized spacial score (nSPS) is 17.4. The number of rotatable bonds is 2. The van der Waals surface area contributed by atoms with Crippen LogP contribution in [0.25, 0.3) is 82.5 Å². The zero-order valence-corrected chi connectivity index (χ0v) is 40.2. The van der Waals surface area contributed by atoms with Crippen molar-refractivity contribution in [1.29, 1.82) is 0 Å². The molecule has 67 heavy (non-hydrogen) atoms. The summed E-state index contributed by atoms with van der Waals surface area (Å²) in [5.74, 6) is 0. The maximum absolute atomic E-state index is 7.08. The lowest BCUT2D eigenvalue weighted by Crippen LogP contribution is -2.52. The number of fused-ring (bicyclic) bond motifs is 14. The summed E-state index contributed by atoms with van der Waals surface area (Å²) >= 11 is 0. The minimum Gasteiger partial charge on any atom is -0.456 e. The Kier molecular flexibility index (Phi) is 7.53. The highest BCUT2D eigenvalue weighted by Gasteiger charge is 2.55. The fraction of sp³-hybridized carbons (Fsp3) is 0.238. The van der Waals surface area contributed by atoms with Crippen LogP contribution in [0.1, 0.15) is 103 Å². The molecule has 14 rings (SSSR count). The Morgan fingerprint density at radius 2 is 1.24 bits per heavy atom. The minimum atomic E-state index is -0.340. The number of hydrogen-bond acceptors (Lipinski definition) is 2. The molecule has 8 aromatic carbocycles. The van der Waals surface area contributed by atoms with E-state index >= 15 is 0 Å². The van der Waals surface area contributed by atoms with Crippen LogP contribution >= 0.6 is 0 Å². The van der Waals surface area contributed by atoms with E-state index in [1.54, 1.807) is 0 Å². The third kappa shape index (κ3) is 5.09. The van der Waals surface area contributed by atoms with Crippen molar-refractivity contribution in [2.75, 3.05) is 4.90 Å². The van der Waals surface area contributed by atoms with E-state index in [2.05, 4.69) is 217 Å². The molecule has 2 aliphatic heterocycles. The van der Waals surface area contributed by atoms with E-state index in [1.807, 2.05) is 0 Å². The Hall–Kier alpha value is -6.78. The third-order valence-electron chi connectivity index (χ3n) is 16.9. The summed E-state index contributed by atoms with van der Waals surface area (Å²) < 4.78 is 9.85. The number of nitrogens with zero attached hydrogens (tertiary/aromatic N) is 2. The van der Waals surface area contributed by atoms with Gasteiger partial charge in [-0.1, -0.05) is 165 Å². The van der Waals surface area contributed by atoms with Crippen molar-refractivity contribution in [3.63, 3.8) is 0 Å². The first kappa shape index (κ1) is 39.4. The van der Waals surface area contributed by atoms with Gasteiger partial charge in [0.1, 0.15) is 11.2 Å². The second-order valence-corrected chi connectivity index (χ2v) is 23.1. The second-order valence-electron chi connectivity index (χ2n) is 23.1. The van der Waals surface area contributed by atoms with Gasteiger partial charge in [-0.25, -0.2) is 0 Å². The summed E-state index contributed by atoms with van der Waals surface area (Å²) in [5.41, 5.74) is 22.8. The number of aromatic nitrogens is 1. The summed E-state index contributed by atoms with van der Waals surface area (Å²) in [4.78, 5) is 2.75. The van der Waals surface area contributed by atoms with E-state index < -0.39 is 0 Å². The fourth-order valence-electron chi connectivity index (χ4n) is 13.3. The van der Waals surface area contributed by atoms with Crippen molar-refractivity contribution in [3.8, 4) is 22.3 Å². The van der Waals surface area contributed by atoms with Gasteiger partial charge in [-0.2, -0.15) is 0 Å². The fourth-order valence-corrected chi connectivity index (χ4v) is 13.3. The van der Waals surface area contributed by atoms with Gasteiger partial charge in [-0.15, -0.1) is 0 Å². The molecule has 2 aliphatic carbocycles. The Bertz CT molecular complexity index is 3890. The molecule has 0 saturated carbocycles. The first-order chi connectivity index (χ1) is 32.1. The van der Waals surface area contributed by atoms with Gasteiger partial charge < -0.3 is 13.8 Å². The molecule has 0 bridgehead atoms. The highest BCUT2D eigenvalue weighted by molar-refractivity contribution is 6.86. The molecule has 0 unspecified atom stereocenters. The first-order valence-electron chi connectivity index (χ1n) is 24.5. The van der Waals surface area contributed by atoms with E-state index in [-0.39, 0.29) is 28.5 Å². The third-order valence-corrected chi connectivity index (χ3v) is 16.9. The van der Waals surface area contributed by atoms with E-state index in [4.69, 9.17) is 4.42 Å². The number of benzene rings is 8. The van der Waals surface area contributed by atoms with Crippen molar-refractivity contribution in [2.45, 2.75) is 96.8 Å². The lowest BCUT2D eigenvalue weighted by Gasteiger charge is -2.43. The summed E-state index contributed by atoms with van der Waals surface area (Å²) in [7, 11) is 0. The number of allylic oxidation sites excluding steroid dienone is 1. The molecule has 0 spiro atoms. The van der Waals surface area contributed by atoms with Crippen LogP contribution < -0.4 is 10.4 Å². The van der Waals surface area contributed by atoms with Crippen LogP contribution in [-0.4, -0.2) is 11.3 Å². The Labute approximate surface area is 393 Å². The molecule has 4 aliphatic rings. The van der Waals surface area contributed by atoms with Crippen LogP contribution in [0, 0.1) is 0 Å². The first-order valence-corrected chi connectivity index (χ1v) is 24.5. The predicted octanol–water partition coefficient (Wildman–Crippen LogP) is 16.3. The van der Waals surface area contributed by atoms with Crippen molar-refractivity contribution in [1.82, 2.24) is 4.48 Å². The van der Waals surface area contributed by atoms with Crippen LogP contribution in [0.15, 0.2) is 155 Å². The van der Waals surface area contributed by atoms with Crippen LogP contribution in [0.2, 0.25) is 0 Å². The highest BCUT2D eigenvalue weighted by Crippen LogP contribution is 2.61. The molecule has 0 fully saturated rings. The molecule has 4 heterocycles. The van der Waals surface area contributed by atoms with Gasteiger partial charge in [0.25, 0.3) is 0 Å². The van der Waals surface area contributed by atoms with E-state index in [1.165, 1.54) is 122 Å². The second kappa shape index (κ2) is 12.8. The molecule has 4 heteroatoms. The largest absolute Gasteiger partial charge is 0.456 e. The maximum atomic E-state index is 7.08. The van der Waals surface area contributed by atoms with Crippen LogP contribution in [0.5, 0.6) is 0 Å². The Morgan fingerprint density at radius 3 is 2.00 bits per heavy atom. The molecule has 326 valence electrons. The average Bonchev–Trinajstić information content (AvgIpc) is 3.93. The summed E-state index contributed by atoms with van der Waals surface area (Å²) in [6, 6.07) is 55.8. The molecule has 0 radical (unpaired) electrons. The van der Waals surface area contributed by atoms with Crippen LogP contribution in [0.4, 0.5) is 11.4 Å². The smallest absolute Gasteiger partial charge is 0.329 e. The van der Waals surface area contributed by atoms with Gasteiger partial charge in [-0.3, -0.25) is 0 Å². The van der Waals surface area contributed by atoms with Crippen molar-refractivity contribution in [3.05, 3.63) is 179 Å². The van der Waals surface area contributed by atoms with Gasteiger partial charge in [0.15, 0.2) is 0 Å². The molecule has 3 nitrogen and oxygen atoms in total. The Balaban J connectivity index is 1.22. The number of anilines is 2. The van der Waals surface area contributed by atoms with Crippen LogP contribution in [0.3, 0.4) is 0 Å². The lowest BCUT2D eigenvalue weighted by molar-refractivity contribution is 0.331. The van der Waals surface area contributed by atoms with Gasteiger partial charge in [0, 0.05) is 55.0 Å². The highest BCUT2D eigenvalue weighted by atomic mass is 16.3. The quantitative estimate of drug-likeness (QED) is 0.161. The van der Waals surface area contributed by atoms with Gasteiger partial charge in [0.2, 0.25) is 0 Å². The summed E-state index contributed by atoms with van der Waals surface area (Å²) in [6.07, 6.45) is 2.33.